The topological polar surface area (TPSA) is 41.1 Å². The lowest BCUT2D eigenvalue weighted by molar-refractivity contribution is -0.126. The van der Waals surface area contributed by atoms with Crippen LogP contribution in [0.4, 0.5) is 0 Å². The largest absolute Gasteiger partial charge is 0.352 e. The predicted molar refractivity (Wildman–Crippen MR) is 65.2 cm³/mol. The molecule has 0 radical (unpaired) electrons. The van der Waals surface area contributed by atoms with Gasteiger partial charge in [-0.1, -0.05) is 13.3 Å². The van der Waals surface area contributed by atoms with Gasteiger partial charge in [-0.2, -0.15) is 0 Å². The van der Waals surface area contributed by atoms with Crippen LogP contribution in [-0.2, 0) is 4.79 Å². The number of nitrogens with one attached hydrogen (secondary N) is 2. The van der Waals surface area contributed by atoms with Gasteiger partial charge in [0.1, 0.15) is 0 Å². The molecule has 2 N–H and O–H groups in total. The van der Waals surface area contributed by atoms with E-state index >= 15 is 0 Å². The molecular formula is C13H24N2O. The van der Waals surface area contributed by atoms with E-state index in [0.29, 0.717) is 17.9 Å². The molecule has 1 atom stereocenters. The highest BCUT2D eigenvalue weighted by molar-refractivity contribution is 5.79. The SMILES string of the molecule is CCC1CCC(C(=O)NC2CCNC2)CC1. The Morgan fingerprint density at radius 1 is 1.25 bits per heavy atom. The van der Waals surface area contributed by atoms with Gasteiger partial charge in [-0.3, -0.25) is 4.79 Å². The molecule has 2 fully saturated rings. The fraction of sp³-hybridized carbons (Fsp3) is 0.923. The maximum Gasteiger partial charge on any atom is 0.223 e. The minimum atomic E-state index is 0.295. The van der Waals surface area contributed by atoms with Gasteiger partial charge in [-0.05, 0) is 44.6 Å². The quantitative estimate of drug-likeness (QED) is 0.766. The highest BCUT2D eigenvalue weighted by Crippen LogP contribution is 2.30. The van der Waals surface area contributed by atoms with E-state index in [2.05, 4.69) is 17.6 Å². The van der Waals surface area contributed by atoms with E-state index in [4.69, 9.17) is 0 Å². The molecule has 92 valence electrons. The molecule has 1 aliphatic heterocycles. The molecule has 0 bridgehead atoms. The van der Waals surface area contributed by atoms with Crippen molar-refractivity contribution in [1.82, 2.24) is 10.6 Å². The second-order valence-corrected chi connectivity index (χ2v) is 5.32. The summed E-state index contributed by atoms with van der Waals surface area (Å²) >= 11 is 0. The fourth-order valence-corrected chi connectivity index (χ4v) is 2.93. The van der Waals surface area contributed by atoms with Gasteiger partial charge in [0.25, 0.3) is 0 Å². The van der Waals surface area contributed by atoms with Crippen LogP contribution in [0, 0.1) is 11.8 Å². The number of hydrogen-bond acceptors (Lipinski definition) is 2. The summed E-state index contributed by atoms with van der Waals surface area (Å²) in [6.07, 6.45) is 7.07. The Kier molecular flexibility index (Phi) is 4.22. The predicted octanol–water partition coefficient (Wildman–Crippen LogP) is 1.68. The molecule has 1 aliphatic carbocycles. The zero-order chi connectivity index (χ0) is 11.4. The van der Waals surface area contributed by atoms with Crippen molar-refractivity contribution >= 4 is 5.91 Å². The van der Waals surface area contributed by atoms with Crippen LogP contribution < -0.4 is 10.6 Å². The highest BCUT2D eigenvalue weighted by Gasteiger charge is 2.27. The van der Waals surface area contributed by atoms with E-state index < -0.39 is 0 Å². The Bertz CT molecular complexity index is 228. The van der Waals surface area contributed by atoms with Gasteiger partial charge >= 0.3 is 0 Å². The zero-order valence-electron chi connectivity index (χ0n) is 10.3. The molecule has 1 saturated carbocycles. The lowest BCUT2D eigenvalue weighted by atomic mass is 9.80. The van der Waals surface area contributed by atoms with Crippen molar-refractivity contribution in [2.75, 3.05) is 13.1 Å². The number of amides is 1. The van der Waals surface area contributed by atoms with E-state index in [1.807, 2.05) is 0 Å². The lowest BCUT2D eigenvalue weighted by Crippen LogP contribution is -2.41. The number of carbonyl (C=O) groups excluding carboxylic acids is 1. The second-order valence-electron chi connectivity index (χ2n) is 5.32. The van der Waals surface area contributed by atoms with Crippen LogP contribution in [0.2, 0.25) is 0 Å². The van der Waals surface area contributed by atoms with Crippen LogP contribution >= 0.6 is 0 Å². The molecule has 16 heavy (non-hydrogen) atoms. The zero-order valence-corrected chi connectivity index (χ0v) is 10.3. The summed E-state index contributed by atoms with van der Waals surface area (Å²) in [7, 11) is 0. The molecule has 2 aliphatic rings. The Morgan fingerprint density at radius 3 is 2.56 bits per heavy atom. The average Bonchev–Trinajstić information content (AvgIpc) is 2.82. The van der Waals surface area contributed by atoms with Gasteiger partial charge in [-0.25, -0.2) is 0 Å². The molecule has 1 amide bonds. The van der Waals surface area contributed by atoms with Gasteiger partial charge < -0.3 is 10.6 Å². The van der Waals surface area contributed by atoms with Gasteiger partial charge in [0.15, 0.2) is 0 Å². The summed E-state index contributed by atoms with van der Waals surface area (Å²) in [5.41, 5.74) is 0. The van der Waals surface area contributed by atoms with Crippen molar-refractivity contribution in [3.8, 4) is 0 Å². The molecule has 1 saturated heterocycles. The molecule has 2 rings (SSSR count). The van der Waals surface area contributed by atoms with Gasteiger partial charge in [-0.15, -0.1) is 0 Å². The molecule has 1 unspecified atom stereocenters. The third-order valence-electron chi connectivity index (χ3n) is 4.20. The maximum atomic E-state index is 12.0. The van der Waals surface area contributed by atoms with Crippen LogP contribution in [-0.4, -0.2) is 25.0 Å². The summed E-state index contributed by atoms with van der Waals surface area (Å²) < 4.78 is 0. The molecule has 1 heterocycles. The minimum absolute atomic E-state index is 0.295. The smallest absolute Gasteiger partial charge is 0.223 e. The van der Waals surface area contributed by atoms with E-state index in [-0.39, 0.29) is 0 Å². The molecule has 0 aromatic heterocycles. The summed E-state index contributed by atoms with van der Waals surface area (Å²) in [6, 6.07) is 0.386. The highest BCUT2D eigenvalue weighted by atomic mass is 16.1. The van der Waals surface area contributed by atoms with E-state index in [1.165, 1.54) is 19.3 Å². The Morgan fingerprint density at radius 2 is 2.00 bits per heavy atom. The molecule has 0 spiro atoms. The first-order valence-corrected chi connectivity index (χ1v) is 6.80. The van der Waals surface area contributed by atoms with E-state index in [1.54, 1.807) is 0 Å². The number of rotatable bonds is 3. The third-order valence-corrected chi connectivity index (χ3v) is 4.20. The Balaban J connectivity index is 1.73. The van der Waals surface area contributed by atoms with Gasteiger partial charge in [0.2, 0.25) is 5.91 Å². The number of hydrogen-bond donors (Lipinski definition) is 2. The Labute approximate surface area is 98.4 Å². The third kappa shape index (κ3) is 2.97. The Hall–Kier alpha value is -0.570. The van der Waals surface area contributed by atoms with Crippen LogP contribution in [0.15, 0.2) is 0 Å². The summed E-state index contributed by atoms with van der Waals surface area (Å²) in [6.45, 7) is 4.26. The lowest BCUT2D eigenvalue weighted by Gasteiger charge is -2.27. The minimum Gasteiger partial charge on any atom is -0.352 e. The van der Waals surface area contributed by atoms with Crippen molar-refractivity contribution < 1.29 is 4.79 Å². The van der Waals surface area contributed by atoms with Crippen molar-refractivity contribution in [1.29, 1.82) is 0 Å². The van der Waals surface area contributed by atoms with Gasteiger partial charge in [0, 0.05) is 18.5 Å². The monoisotopic (exact) mass is 224 g/mol. The average molecular weight is 224 g/mol. The van der Waals surface area contributed by atoms with Crippen molar-refractivity contribution in [2.24, 2.45) is 11.8 Å². The van der Waals surface area contributed by atoms with Crippen molar-refractivity contribution in [3.05, 3.63) is 0 Å². The normalized spacial score (nSPS) is 34.9. The van der Waals surface area contributed by atoms with Crippen LogP contribution in [0.3, 0.4) is 0 Å². The first-order chi connectivity index (χ1) is 7.79. The second kappa shape index (κ2) is 5.67. The first kappa shape index (κ1) is 11.9. The molecule has 3 heteroatoms. The fourth-order valence-electron chi connectivity index (χ4n) is 2.93. The maximum absolute atomic E-state index is 12.0. The van der Waals surface area contributed by atoms with Crippen LogP contribution in [0.1, 0.15) is 45.4 Å². The standard InChI is InChI=1S/C13H24N2O/c1-2-10-3-5-11(6-4-10)13(16)15-12-7-8-14-9-12/h10-12,14H,2-9H2,1H3,(H,15,16). The first-order valence-electron chi connectivity index (χ1n) is 6.80. The van der Waals surface area contributed by atoms with Crippen LogP contribution in [0.5, 0.6) is 0 Å². The summed E-state index contributed by atoms with van der Waals surface area (Å²) in [4.78, 5) is 12.0. The van der Waals surface area contributed by atoms with Crippen molar-refractivity contribution in [2.45, 2.75) is 51.5 Å². The van der Waals surface area contributed by atoms with Crippen molar-refractivity contribution in [3.63, 3.8) is 0 Å². The molecule has 0 aromatic rings. The summed E-state index contributed by atoms with van der Waals surface area (Å²) in [5, 5.41) is 6.46. The molecule has 0 aromatic carbocycles. The van der Waals surface area contributed by atoms with E-state index in [9.17, 15) is 4.79 Å². The summed E-state index contributed by atoms with van der Waals surface area (Å²) in [5.74, 6) is 1.48. The molecular weight excluding hydrogens is 200 g/mol. The number of carbonyl (C=O) groups is 1. The van der Waals surface area contributed by atoms with Gasteiger partial charge in [0.05, 0.1) is 0 Å². The van der Waals surface area contributed by atoms with Crippen LogP contribution in [0.25, 0.3) is 0 Å². The van der Waals surface area contributed by atoms with E-state index in [0.717, 1.165) is 38.3 Å². The molecule has 3 nitrogen and oxygen atoms in total.